The van der Waals surface area contributed by atoms with E-state index >= 15 is 0 Å². The van der Waals surface area contributed by atoms with E-state index in [0.29, 0.717) is 17.4 Å². The van der Waals surface area contributed by atoms with Crippen molar-refractivity contribution >= 4 is 13.7 Å². The number of carbonyl (C=O) groups excluding carboxylic acids is 1. The SMILES string of the molecule is CC/C=C\C/C=C\C/C=C\C/C=C\C/C=C\CCCCCCCCCCCCCC(=O)NC(COP(=O)(O)OCC[N+](C)(C)C)C(O)/C=C/CCCCC. The maximum atomic E-state index is 12.7. The number of carbonyl (C=O) groups is 1. The van der Waals surface area contributed by atoms with E-state index in [9.17, 15) is 19.4 Å². The van der Waals surface area contributed by atoms with Gasteiger partial charge in [-0.1, -0.05) is 157 Å². The Morgan fingerprint density at radius 1 is 0.648 bits per heavy atom. The number of unbranched alkanes of at least 4 members (excludes halogenated alkanes) is 14. The van der Waals surface area contributed by atoms with Crippen LogP contribution in [0.1, 0.15) is 155 Å². The van der Waals surface area contributed by atoms with E-state index in [1.807, 2.05) is 27.2 Å². The first-order valence-electron chi connectivity index (χ1n) is 21.3. The third-order valence-electron chi connectivity index (χ3n) is 8.93. The van der Waals surface area contributed by atoms with Crippen LogP contribution in [-0.4, -0.2) is 73.4 Å². The van der Waals surface area contributed by atoms with Gasteiger partial charge in [-0.2, -0.15) is 0 Å². The molecule has 0 saturated heterocycles. The van der Waals surface area contributed by atoms with Crippen LogP contribution < -0.4 is 5.32 Å². The monoisotopic (exact) mass is 778 g/mol. The predicted molar refractivity (Wildman–Crippen MR) is 230 cm³/mol. The normalized spacial score (nSPS) is 15.2. The van der Waals surface area contributed by atoms with Gasteiger partial charge in [0.2, 0.25) is 5.91 Å². The highest BCUT2D eigenvalue weighted by Crippen LogP contribution is 2.43. The third kappa shape index (κ3) is 38.2. The fourth-order valence-corrected chi connectivity index (χ4v) is 6.27. The largest absolute Gasteiger partial charge is 0.472 e. The molecule has 0 rings (SSSR count). The van der Waals surface area contributed by atoms with Crippen molar-refractivity contribution in [2.75, 3.05) is 40.9 Å². The van der Waals surface area contributed by atoms with E-state index in [0.717, 1.165) is 77.0 Å². The molecule has 1 amide bonds. The van der Waals surface area contributed by atoms with E-state index in [-0.39, 0.29) is 19.1 Å². The van der Waals surface area contributed by atoms with Crippen molar-refractivity contribution in [3.63, 3.8) is 0 Å². The second-order valence-corrected chi connectivity index (χ2v) is 16.8. The molecule has 54 heavy (non-hydrogen) atoms. The molecular weight excluding hydrogens is 695 g/mol. The number of aliphatic hydroxyl groups is 1. The number of allylic oxidation sites excluding steroid dienone is 11. The van der Waals surface area contributed by atoms with Gasteiger partial charge in [-0.3, -0.25) is 13.8 Å². The summed E-state index contributed by atoms with van der Waals surface area (Å²) in [6, 6.07) is -0.847. The summed E-state index contributed by atoms with van der Waals surface area (Å²) < 4.78 is 23.3. The van der Waals surface area contributed by atoms with E-state index in [1.165, 1.54) is 57.8 Å². The van der Waals surface area contributed by atoms with Crippen LogP contribution in [0.15, 0.2) is 72.9 Å². The molecular formula is C45H82N2O6P+. The Morgan fingerprint density at radius 3 is 1.63 bits per heavy atom. The minimum atomic E-state index is -4.32. The maximum Gasteiger partial charge on any atom is 0.472 e. The number of amides is 1. The van der Waals surface area contributed by atoms with Crippen molar-refractivity contribution in [3.8, 4) is 0 Å². The summed E-state index contributed by atoms with van der Waals surface area (Å²) in [6.45, 7) is 4.56. The van der Waals surface area contributed by atoms with Crippen molar-refractivity contribution < 1.29 is 32.9 Å². The Bertz CT molecular complexity index is 1110. The maximum absolute atomic E-state index is 12.7. The standard InChI is InChI=1S/C45H81N2O6P/c1-6-8-10-12-13-14-15-16-17-18-19-20-21-22-23-24-25-26-27-28-29-30-31-32-33-35-37-39-45(49)46-43(44(48)38-36-34-11-9-7-2)42-53-54(50,51)52-41-40-47(3,4)5/h8,10,13-14,16-17,19-20,22-23,36,38,43-44,48H,6-7,9,11-12,15,18,21,24-35,37,39-42H2,1-5H3,(H-,46,49,50,51)/p+1/b10-8-,14-13-,17-16-,20-19-,23-22-,38-36+. The highest BCUT2D eigenvalue weighted by atomic mass is 31.2. The number of hydrogen-bond donors (Lipinski definition) is 3. The van der Waals surface area contributed by atoms with Crippen LogP contribution in [0.5, 0.6) is 0 Å². The lowest BCUT2D eigenvalue weighted by atomic mass is 10.0. The van der Waals surface area contributed by atoms with E-state index in [4.69, 9.17) is 9.05 Å². The van der Waals surface area contributed by atoms with Gasteiger partial charge in [0.1, 0.15) is 13.2 Å². The molecule has 9 heteroatoms. The lowest BCUT2D eigenvalue weighted by Gasteiger charge is -2.25. The van der Waals surface area contributed by atoms with Gasteiger partial charge in [0.15, 0.2) is 0 Å². The summed E-state index contributed by atoms with van der Waals surface area (Å²) >= 11 is 0. The van der Waals surface area contributed by atoms with Crippen LogP contribution in [0.2, 0.25) is 0 Å². The van der Waals surface area contributed by atoms with Crippen LogP contribution in [0, 0.1) is 0 Å². The summed E-state index contributed by atoms with van der Waals surface area (Å²) in [4.78, 5) is 22.9. The van der Waals surface area contributed by atoms with Crippen molar-refractivity contribution in [1.29, 1.82) is 0 Å². The molecule has 312 valence electrons. The average molecular weight is 778 g/mol. The highest BCUT2D eigenvalue weighted by Gasteiger charge is 2.27. The Morgan fingerprint density at radius 2 is 1.11 bits per heavy atom. The highest BCUT2D eigenvalue weighted by molar-refractivity contribution is 7.47. The molecule has 3 atom stereocenters. The van der Waals surface area contributed by atoms with Gasteiger partial charge in [-0.05, 0) is 64.2 Å². The first-order chi connectivity index (χ1) is 26.0. The molecule has 0 fully saturated rings. The summed E-state index contributed by atoms with van der Waals surface area (Å²) in [5.74, 6) is -0.193. The second-order valence-electron chi connectivity index (χ2n) is 15.3. The number of likely N-dealkylation sites (N-methyl/N-ethyl adjacent to an activating group) is 1. The number of rotatable bonds is 37. The summed E-state index contributed by atoms with van der Waals surface area (Å²) in [5, 5.41) is 13.6. The number of aliphatic hydroxyl groups excluding tert-OH is 1. The molecule has 0 aromatic carbocycles. The molecule has 0 aromatic heterocycles. The minimum Gasteiger partial charge on any atom is -0.387 e. The van der Waals surface area contributed by atoms with Crippen LogP contribution in [-0.2, 0) is 18.4 Å². The van der Waals surface area contributed by atoms with Gasteiger partial charge >= 0.3 is 7.82 Å². The number of nitrogens with one attached hydrogen (secondary N) is 1. The first-order valence-corrected chi connectivity index (χ1v) is 22.8. The van der Waals surface area contributed by atoms with Gasteiger partial charge in [0, 0.05) is 6.42 Å². The fourth-order valence-electron chi connectivity index (χ4n) is 5.54. The van der Waals surface area contributed by atoms with Crippen LogP contribution in [0.4, 0.5) is 0 Å². The van der Waals surface area contributed by atoms with Gasteiger partial charge < -0.3 is 19.8 Å². The average Bonchev–Trinajstić information content (AvgIpc) is 3.12. The van der Waals surface area contributed by atoms with E-state index in [2.05, 4.69) is 79.9 Å². The fraction of sp³-hybridized carbons (Fsp3) is 0.711. The molecule has 0 saturated carbocycles. The van der Waals surface area contributed by atoms with Crippen molar-refractivity contribution in [1.82, 2.24) is 5.32 Å². The Kier molecular flexibility index (Phi) is 35.2. The van der Waals surface area contributed by atoms with E-state index in [1.54, 1.807) is 6.08 Å². The van der Waals surface area contributed by atoms with E-state index < -0.39 is 20.0 Å². The van der Waals surface area contributed by atoms with Gasteiger partial charge in [-0.25, -0.2) is 4.57 Å². The zero-order valence-corrected chi connectivity index (χ0v) is 36.1. The molecule has 8 nitrogen and oxygen atoms in total. The smallest absolute Gasteiger partial charge is 0.387 e. The molecule has 0 aromatic rings. The molecule has 0 bridgehead atoms. The topological polar surface area (TPSA) is 105 Å². The predicted octanol–water partition coefficient (Wildman–Crippen LogP) is 11.6. The molecule has 3 unspecified atom stereocenters. The summed E-state index contributed by atoms with van der Waals surface area (Å²) in [6.07, 6.45) is 48.8. The van der Waals surface area contributed by atoms with Crippen LogP contribution in [0.25, 0.3) is 0 Å². The van der Waals surface area contributed by atoms with Gasteiger partial charge in [0.05, 0.1) is 39.9 Å². The molecule has 0 aliphatic heterocycles. The second kappa shape index (κ2) is 36.6. The molecule has 0 aliphatic rings. The number of quaternary nitrogens is 1. The van der Waals surface area contributed by atoms with Crippen LogP contribution in [0.3, 0.4) is 0 Å². The minimum absolute atomic E-state index is 0.0567. The number of phosphoric acid groups is 1. The third-order valence-corrected chi connectivity index (χ3v) is 9.92. The first kappa shape index (κ1) is 51.9. The quantitative estimate of drug-likeness (QED) is 0.0251. The zero-order chi connectivity index (χ0) is 40.0. The summed E-state index contributed by atoms with van der Waals surface area (Å²) in [7, 11) is 1.55. The number of nitrogens with zero attached hydrogens (tertiary/aromatic N) is 1. The van der Waals surface area contributed by atoms with Crippen LogP contribution >= 0.6 is 7.82 Å². The van der Waals surface area contributed by atoms with Crippen molar-refractivity contribution in [2.24, 2.45) is 0 Å². The summed E-state index contributed by atoms with van der Waals surface area (Å²) in [5.41, 5.74) is 0. The molecule has 0 radical (unpaired) electrons. The van der Waals surface area contributed by atoms with Crippen molar-refractivity contribution in [3.05, 3.63) is 72.9 Å². The lowest BCUT2D eigenvalue weighted by Crippen LogP contribution is -2.45. The Balaban J connectivity index is 4.05. The Labute approximate surface area is 332 Å². The Hall–Kier alpha value is -2.06. The molecule has 0 heterocycles. The molecule has 3 N–H and O–H groups in total. The lowest BCUT2D eigenvalue weighted by molar-refractivity contribution is -0.870. The number of hydrogen-bond acceptors (Lipinski definition) is 5. The van der Waals surface area contributed by atoms with Gasteiger partial charge in [0.25, 0.3) is 0 Å². The number of phosphoric ester groups is 1. The molecule has 0 spiro atoms. The molecule has 0 aliphatic carbocycles. The zero-order valence-electron chi connectivity index (χ0n) is 35.2. The van der Waals surface area contributed by atoms with Crippen molar-refractivity contribution in [2.45, 2.75) is 167 Å². The van der Waals surface area contributed by atoms with Gasteiger partial charge in [-0.15, -0.1) is 0 Å².